The fourth-order valence-electron chi connectivity index (χ4n) is 4.35. The molecule has 0 unspecified atom stereocenters. The third-order valence-corrected chi connectivity index (χ3v) is 7.71. The summed E-state index contributed by atoms with van der Waals surface area (Å²) in [7, 11) is -3.92. The molecular formula is C29H24ClN5O3S. The van der Waals surface area contributed by atoms with E-state index >= 15 is 0 Å². The normalized spacial score (nSPS) is 11.4. The third kappa shape index (κ3) is 5.59. The van der Waals surface area contributed by atoms with Crippen LogP contribution in [0, 0.1) is 20.8 Å². The molecule has 10 heteroatoms. The van der Waals surface area contributed by atoms with Crippen LogP contribution >= 0.6 is 11.6 Å². The summed E-state index contributed by atoms with van der Waals surface area (Å²) in [5.74, 6) is -0.333. The Morgan fingerprint density at radius 3 is 2.13 bits per heavy atom. The van der Waals surface area contributed by atoms with E-state index in [2.05, 4.69) is 20.0 Å². The number of para-hydroxylation sites is 1. The van der Waals surface area contributed by atoms with Crippen LogP contribution in [0.25, 0.3) is 22.2 Å². The quantitative estimate of drug-likeness (QED) is 0.252. The Balaban J connectivity index is 1.44. The highest BCUT2D eigenvalue weighted by atomic mass is 35.5. The maximum absolute atomic E-state index is 13.6. The molecule has 0 saturated heterocycles. The van der Waals surface area contributed by atoms with Crippen molar-refractivity contribution < 1.29 is 13.2 Å². The first kappa shape index (κ1) is 26.3. The molecule has 5 rings (SSSR count). The van der Waals surface area contributed by atoms with E-state index in [1.54, 1.807) is 32.0 Å². The summed E-state index contributed by atoms with van der Waals surface area (Å²) >= 11 is 6.07. The Kier molecular flexibility index (Phi) is 7.03. The summed E-state index contributed by atoms with van der Waals surface area (Å²) in [4.78, 5) is 26.6. The monoisotopic (exact) mass is 557 g/mol. The molecule has 0 spiro atoms. The Morgan fingerprint density at radius 2 is 1.46 bits per heavy atom. The summed E-state index contributed by atoms with van der Waals surface area (Å²) in [5, 5.41) is 4.21. The van der Waals surface area contributed by atoms with Crippen molar-refractivity contribution in [2.24, 2.45) is 0 Å². The lowest BCUT2D eigenvalue weighted by atomic mass is 9.97. The Bertz CT molecular complexity index is 1800. The minimum atomic E-state index is -3.92. The van der Waals surface area contributed by atoms with Crippen LogP contribution in [-0.4, -0.2) is 29.3 Å². The van der Waals surface area contributed by atoms with Crippen LogP contribution in [0.1, 0.15) is 27.3 Å². The second-order valence-corrected chi connectivity index (χ2v) is 11.2. The summed E-state index contributed by atoms with van der Waals surface area (Å²) in [6.07, 6.45) is 0. The fraction of sp³-hybridized carbons (Fsp3) is 0.103. The van der Waals surface area contributed by atoms with Crippen molar-refractivity contribution in [3.63, 3.8) is 0 Å². The van der Waals surface area contributed by atoms with E-state index in [9.17, 15) is 13.2 Å². The van der Waals surface area contributed by atoms with E-state index in [-0.39, 0.29) is 16.8 Å². The van der Waals surface area contributed by atoms with Gasteiger partial charge in [-0.15, -0.1) is 0 Å². The van der Waals surface area contributed by atoms with Gasteiger partial charge in [0.15, 0.2) is 0 Å². The molecule has 2 aromatic heterocycles. The van der Waals surface area contributed by atoms with E-state index in [1.807, 2.05) is 43.3 Å². The number of pyridine rings is 1. The van der Waals surface area contributed by atoms with Gasteiger partial charge >= 0.3 is 0 Å². The van der Waals surface area contributed by atoms with Crippen LogP contribution in [0.5, 0.6) is 0 Å². The zero-order chi connectivity index (χ0) is 27.7. The summed E-state index contributed by atoms with van der Waals surface area (Å²) in [6, 6.07) is 22.4. The van der Waals surface area contributed by atoms with Gasteiger partial charge in [0.25, 0.3) is 15.9 Å². The number of aryl methyl sites for hydroxylation is 2. The number of amides is 1. The van der Waals surface area contributed by atoms with Gasteiger partial charge in [-0.05, 0) is 74.9 Å². The first-order valence-electron chi connectivity index (χ1n) is 12.0. The highest BCUT2D eigenvalue weighted by Crippen LogP contribution is 2.31. The molecule has 8 nitrogen and oxygen atoms in total. The van der Waals surface area contributed by atoms with E-state index in [0.29, 0.717) is 49.8 Å². The topological polar surface area (TPSA) is 114 Å². The minimum Gasteiger partial charge on any atom is -0.322 e. The lowest BCUT2D eigenvalue weighted by Crippen LogP contribution is -2.17. The molecule has 0 saturated carbocycles. The predicted octanol–water partition coefficient (Wildman–Crippen LogP) is 6.32. The molecule has 2 heterocycles. The average molecular weight is 558 g/mol. The number of carbonyl (C=O) groups is 1. The third-order valence-electron chi connectivity index (χ3n) is 6.11. The number of sulfonamides is 1. The largest absolute Gasteiger partial charge is 0.322 e. The standard InChI is InChI=1S/C29H24ClN5O3S/c1-17-16-18(2)32-29(31-17)35-39(37,38)23-14-12-22(13-15-23)33-28(36)26-19(3)27(20-8-10-21(30)11-9-20)34-25-7-5-4-6-24(25)26/h4-16H,1-3H3,(H,33,36)(H,31,32,35). The second-order valence-electron chi connectivity index (χ2n) is 9.04. The van der Waals surface area contributed by atoms with E-state index < -0.39 is 10.0 Å². The van der Waals surface area contributed by atoms with Gasteiger partial charge in [0.05, 0.1) is 21.7 Å². The number of fused-ring (bicyclic) bond motifs is 1. The number of benzene rings is 3. The molecule has 3 aromatic carbocycles. The molecule has 0 aliphatic heterocycles. The molecule has 0 aliphatic rings. The number of nitrogens with one attached hydrogen (secondary N) is 2. The molecule has 0 aliphatic carbocycles. The van der Waals surface area contributed by atoms with Crippen LogP contribution in [0.15, 0.2) is 83.8 Å². The second kappa shape index (κ2) is 10.4. The van der Waals surface area contributed by atoms with Crippen LogP contribution in [0.3, 0.4) is 0 Å². The zero-order valence-electron chi connectivity index (χ0n) is 21.4. The van der Waals surface area contributed by atoms with Crippen molar-refractivity contribution in [1.82, 2.24) is 15.0 Å². The molecule has 5 aromatic rings. The average Bonchev–Trinajstić information content (AvgIpc) is 2.88. The van der Waals surface area contributed by atoms with Crippen molar-refractivity contribution >= 4 is 50.1 Å². The van der Waals surface area contributed by atoms with Gasteiger partial charge in [0.2, 0.25) is 5.95 Å². The molecule has 2 N–H and O–H groups in total. The van der Waals surface area contributed by atoms with Gasteiger partial charge in [-0.25, -0.2) is 28.1 Å². The molecule has 0 bridgehead atoms. The minimum absolute atomic E-state index is 0.00131. The van der Waals surface area contributed by atoms with Gasteiger partial charge in [-0.2, -0.15) is 0 Å². The SMILES string of the molecule is Cc1cc(C)nc(NS(=O)(=O)c2ccc(NC(=O)c3c(C)c(-c4ccc(Cl)cc4)nc4ccccc34)cc2)n1. The summed E-state index contributed by atoms with van der Waals surface area (Å²) in [6.45, 7) is 5.38. The van der Waals surface area contributed by atoms with Crippen molar-refractivity contribution in [2.45, 2.75) is 25.7 Å². The summed E-state index contributed by atoms with van der Waals surface area (Å²) in [5.41, 5.74) is 5.13. The highest BCUT2D eigenvalue weighted by molar-refractivity contribution is 7.92. The molecule has 39 heavy (non-hydrogen) atoms. The number of hydrogen-bond acceptors (Lipinski definition) is 6. The zero-order valence-corrected chi connectivity index (χ0v) is 22.9. The van der Waals surface area contributed by atoms with Crippen LogP contribution in [0.2, 0.25) is 5.02 Å². The number of aromatic nitrogens is 3. The molecule has 0 atom stereocenters. The number of rotatable bonds is 6. The maximum Gasteiger partial charge on any atom is 0.264 e. The number of anilines is 2. The molecule has 196 valence electrons. The lowest BCUT2D eigenvalue weighted by Gasteiger charge is -2.15. The van der Waals surface area contributed by atoms with Crippen molar-refractivity contribution in [3.8, 4) is 11.3 Å². The van der Waals surface area contributed by atoms with Gasteiger partial charge in [0, 0.05) is 33.0 Å². The van der Waals surface area contributed by atoms with Gasteiger partial charge in [-0.1, -0.05) is 41.9 Å². The molecular weight excluding hydrogens is 534 g/mol. The predicted molar refractivity (Wildman–Crippen MR) is 154 cm³/mol. The van der Waals surface area contributed by atoms with Gasteiger partial charge < -0.3 is 5.32 Å². The number of halogens is 1. The van der Waals surface area contributed by atoms with E-state index in [0.717, 1.165) is 5.56 Å². The van der Waals surface area contributed by atoms with Crippen LogP contribution in [-0.2, 0) is 10.0 Å². The molecule has 0 radical (unpaired) electrons. The fourth-order valence-corrected chi connectivity index (χ4v) is 5.42. The summed E-state index contributed by atoms with van der Waals surface area (Å²) < 4.78 is 28.1. The Morgan fingerprint density at radius 1 is 0.821 bits per heavy atom. The smallest absolute Gasteiger partial charge is 0.264 e. The number of nitrogens with zero attached hydrogens (tertiary/aromatic N) is 3. The maximum atomic E-state index is 13.6. The first-order chi connectivity index (χ1) is 18.6. The van der Waals surface area contributed by atoms with Crippen molar-refractivity contribution in [3.05, 3.63) is 106 Å². The Hall–Kier alpha value is -4.34. The first-order valence-corrected chi connectivity index (χ1v) is 13.9. The Labute approximate surface area is 231 Å². The van der Waals surface area contributed by atoms with Crippen LogP contribution < -0.4 is 10.0 Å². The lowest BCUT2D eigenvalue weighted by molar-refractivity contribution is 0.102. The number of carbonyl (C=O) groups excluding carboxylic acids is 1. The van der Waals surface area contributed by atoms with Crippen molar-refractivity contribution in [1.29, 1.82) is 0 Å². The van der Waals surface area contributed by atoms with Gasteiger partial charge in [0.1, 0.15) is 0 Å². The van der Waals surface area contributed by atoms with Gasteiger partial charge in [-0.3, -0.25) is 4.79 Å². The highest BCUT2D eigenvalue weighted by Gasteiger charge is 2.20. The molecule has 1 amide bonds. The van der Waals surface area contributed by atoms with E-state index in [4.69, 9.17) is 16.6 Å². The van der Waals surface area contributed by atoms with Crippen LogP contribution in [0.4, 0.5) is 11.6 Å². The van der Waals surface area contributed by atoms with Crippen molar-refractivity contribution in [2.75, 3.05) is 10.0 Å². The molecule has 0 fully saturated rings. The van der Waals surface area contributed by atoms with E-state index in [1.165, 1.54) is 24.3 Å². The number of hydrogen-bond donors (Lipinski definition) is 2.